The first kappa shape index (κ1) is 28.2. The maximum absolute atomic E-state index is 13.7. The van der Waals surface area contributed by atoms with Gasteiger partial charge in [0.15, 0.2) is 12.1 Å². The number of alkyl halides is 1. The second-order valence-electron chi connectivity index (χ2n) is 10.00. The number of carbonyl (C=O) groups is 2. The fraction of sp³-hybridized carbons (Fsp3) is 0.462. The Morgan fingerprint density at radius 2 is 1.87 bits per heavy atom. The van der Waals surface area contributed by atoms with Gasteiger partial charge in [0.25, 0.3) is 0 Å². The fourth-order valence-corrected chi connectivity index (χ4v) is 6.46. The minimum Gasteiger partial charge on any atom is -0.507 e. The minimum absolute atomic E-state index is 0.0349. The SMILES string of the molecule is COc1cccc2c1C(=O)c1c(O)c3c(c(O)c1C2=O)C[C@@](O)(C(O)CO)C[C@@H]3O[C@H]1C[C@H](N)[C@H](O)[C@H](I)O1. The maximum Gasteiger partial charge on any atom is 0.202 e. The smallest absolute Gasteiger partial charge is 0.202 e. The molecule has 0 amide bonds. The zero-order valence-electron chi connectivity index (χ0n) is 20.7. The number of fused-ring (bicyclic) bond motifs is 3. The second-order valence-corrected chi connectivity index (χ2v) is 11.2. The molecule has 8 N–H and O–H groups in total. The van der Waals surface area contributed by atoms with Gasteiger partial charge >= 0.3 is 0 Å². The topological polar surface area (TPSA) is 209 Å². The van der Waals surface area contributed by atoms with Crippen molar-refractivity contribution < 1.29 is 54.4 Å². The molecule has 1 unspecified atom stereocenters. The summed E-state index contributed by atoms with van der Waals surface area (Å²) < 4.78 is 16.3. The maximum atomic E-state index is 13.7. The monoisotopic (exact) mass is 657 g/mol. The Morgan fingerprint density at radius 1 is 1.18 bits per heavy atom. The highest BCUT2D eigenvalue weighted by Crippen LogP contribution is 2.53. The lowest BCUT2D eigenvalue weighted by Gasteiger charge is -2.43. The highest BCUT2D eigenvalue weighted by atomic mass is 127. The molecule has 13 heteroatoms. The molecule has 1 saturated heterocycles. The molecule has 12 nitrogen and oxygen atoms in total. The highest BCUT2D eigenvalue weighted by molar-refractivity contribution is 14.1. The van der Waals surface area contributed by atoms with Gasteiger partial charge in [-0.05, 0) is 28.7 Å². The van der Waals surface area contributed by atoms with Crippen molar-refractivity contribution in [3.8, 4) is 17.2 Å². The van der Waals surface area contributed by atoms with Crippen LogP contribution in [0.15, 0.2) is 18.2 Å². The first-order valence-corrected chi connectivity index (χ1v) is 13.4. The average Bonchev–Trinajstić information content (AvgIpc) is 2.90. The van der Waals surface area contributed by atoms with Crippen molar-refractivity contribution in [3.63, 3.8) is 0 Å². The van der Waals surface area contributed by atoms with Crippen molar-refractivity contribution in [2.75, 3.05) is 13.7 Å². The van der Waals surface area contributed by atoms with Gasteiger partial charge in [-0.3, -0.25) is 9.59 Å². The Kier molecular flexibility index (Phi) is 7.39. The van der Waals surface area contributed by atoms with E-state index in [1.165, 1.54) is 25.3 Å². The molecule has 0 aromatic heterocycles. The van der Waals surface area contributed by atoms with Gasteiger partial charge in [-0.15, -0.1) is 0 Å². The van der Waals surface area contributed by atoms with Crippen LogP contribution in [0.4, 0.5) is 0 Å². The molecular weight excluding hydrogens is 629 g/mol. The number of halogens is 1. The summed E-state index contributed by atoms with van der Waals surface area (Å²) in [5.41, 5.74) is 2.75. The van der Waals surface area contributed by atoms with Crippen LogP contribution in [0.1, 0.15) is 61.9 Å². The Morgan fingerprint density at radius 3 is 2.51 bits per heavy atom. The van der Waals surface area contributed by atoms with Gasteiger partial charge in [0.1, 0.15) is 33.6 Å². The van der Waals surface area contributed by atoms with Gasteiger partial charge in [0.05, 0.1) is 42.1 Å². The standard InChI is InChI=1S/C26H28INO11/c1-37-12-4-2-3-9-16(12)23(34)19-18(20(9)31)21(32)10-6-26(36,14(30)8-29)7-13(17(10)24(19)35)38-15-5-11(28)22(33)25(27)39-15/h2-4,11,13-15,22,25,29-30,32-33,35-36H,5-8,28H2,1H3/t11-,13-,14?,15+,22-,25+,26-/m0/s1. The summed E-state index contributed by atoms with van der Waals surface area (Å²) in [5.74, 6) is -2.69. The van der Waals surface area contributed by atoms with Gasteiger partial charge < -0.3 is 50.6 Å². The number of methoxy groups -OCH3 is 1. The number of rotatable bonds is 5. The van der Waals surface area contributed by atoms with Gasteiger partial charge in [0.2, 0.25) is 5.78 Å². The van der Waals surface area contributed by atoms with E-state index in [0.717, 1.165) is 0 Å². The molecular formula is C26H28INO11. The third kappa shape index (κ3) is 4.41. The number of ether oxygens (including phenoxy) is 3. The molecule has 0 saturated carbocycles. The van der Waals surface area contributed by atoms with E-state index in [4.69, 9.17) is 19.9 Å². The van der Waals surface area contributed by atoms with E-state index < -0.39 is 87.6 Å². The van der Waals surface area contributed by atoms with Crippen LogP contribution in [0.5, 0.6) is 17.2 Å². The predicted octanol–water partition coefficient (Wildman–Crippen LogP) is 0.166. The Balaban J connectivity index is 1.68. The predicted molar refractivity (Wildman–Crippen MR) is 141 cm³/mol. The molecule has 2 aromatic carbocycles. The number of aliphatic hydroxyl groups excluding tert-OH is 3. The van der Waals surface area contributed by atoms with E-state index in [1.54, 1.807) is 0 Å². The first-order chi connectivity index (χ1) is 18.4. The van der Waals surface area contributed by atoms with E-state index in [2.05, 4.69) is 0 Å². The van der Waals surface area contributed by atoms with Crippen LogP contribution in [0.3, 0.4) is 0 Å². The molecule has 210 valence electrons. The van der Waals surface area contributed by atoms with Crippen molar-refractivity contribution in [2.24, 2.45) is 5.73 Å². The number of hydrogen-bond donors (Lipinski definition) is 7. The fourth-order valence-electron chi connectivity index (χ4n) is 5.59. The summed E-state index contributed by atoms with van der Waals surface area (Å²) >= 11 is 1.84. The van der Waals surface area contributed by atoms with Crippen molar-refractivity contribution in [1.82, 2.24) is 0 Å². The summed E-state index contributed by atoms with van der Waals surface area (Å²) in [6, 6.07) is 3.68. The molecule has 2 aromatic rings. The van der Waals surface area contributed by atoms with E-state index in [9.17, 15) is 40.2 Å². The van der Waals surface area contributed by atoms with Crippen molar-refractivity contribution in [1.29, 1.82) is 0 Å². The van der Waals surface area contributed by atoms with E-state index in [-0.39, 0.29) is 40.8 Å². The van der Waals surface area contributed by atoms with Crippen LogP contribution in [0.25, 0.3) is 0 Å². The molecule has 3 aliphatic rings. The summed E-state index contributed by atoms with van der Waals surface area (Å²) in [5, 5.41) is 64.4. The first-order valence-electron chi connectivity index (χ1n) is 12.2. The number of phenolic OH excluding ortho intramolecular Hbond substituents is 2. The number of phenols is 2. The molecule has 0 spiro atoms. The van der Waals surface area contributed by atoms with Crippen LogP contribution in [-0.4, -0.2) is 90.2 Å². The normalized spacial score (nSPS) is 30.8. The Hall–Kier alpha value is -2.37. The molecule has 1 aliphatic heterocycles. The quantitative estimate of drug-likeness (QED) is 0.111. The third-order valence-electron chi connectivity index (χ3n) is 7.67. The number of aliphatic hydroxyl groups is 4. The van der Waals surface area contributed by atoms with Crippen molar-refractivity contribution in [3.05, 3.63) is 51.6 Å². The van der Waals surface area contributed by atoms with Crippen molar-refractivity contribution >= 4 is 34.2 Å². The van der Waals surface area contributed by atoms with Crippen LogP contribution >= 0.6 is 22.6 Å². The van der Waals surface area contributed by atoms with Crippen LogP contribution < -0.4 is 10.5 Å². The number of benzene rings is 2. The Labute approximate surface area is 236 Å². The van der Waals surface area contributed by atoms with Crippen LogP contribution in [0.2, 0.25) is 0 Å². The number of nitrogens with two attached hydrogens (primary N) is 1. The number of aromatic hydroxyl groups is 2. The van der Waals surface area contributed by atoms with E-state index >= 15 is 0 Å². The zero-order valence-corrected chi connectivity index (χ0v) is 22.9. The Bertz CT molecular complexity index is 1340. The molecule has 1 fully saturated rings. The third-order valence-corrected chi connectivity index (χ3v) is 8.70. The summed E-state index contributed by atoms with van der Waals surface area (Å²) in [4.78, 5) is 27.2. The molecule has 2 aliphatic carbocycles. The van der Waals surface area contributed by atoms with Gasteiger partial charge in [-0.25, -0.2) is 0 Å². The van der Waals surface area contributed by atoms with Crippen LogP contribution in [-0.2, 0) is 15.9 Å². The summed E-state index contributed by atoms with van der Waals surface area (Å²) in [6.45, 7) is -0.826. The van der Waals surface area contributed by atoms with Gasteiger partial charge in [0, 0.05) is 42.0 Å². The molecule has 0 radical (unpaired) electrons. The highest BCUT2D eigenvalue weighted by Gasteiger charge is 2.50. The lowest BCUT2D eigenvalue weighted by atomic mass is 9.71. The largest absolute Gasteiger partial charge is 0.507 e. The lowest BCUT2D eigenvalue weighted by Crippen LogP contribution is -2.53. The van der Waals surface area contributed by atoms with E-state index in [1.807, 2.05) is 22.6 Å². The number of carbonyl (C=O) groups excluding carboxylic acids is 2. The van der Waals surface area contributed by atoms with Crippen molar-refractivity contribution in [2.45, 2.75) is 59.6 Å². The molecule has 1 heterocycles. The minimum atomic E-state index is -2.05. The zero-order chi connectivity index (χ0) is 28.4. The molecule has 39 heavy (non-hydrogen) atoms. The summed E-state index contributed by atoms with van der Waals surface area (Å²) in [7, 11) is 1.33. The van der Waals surface area contributed by atoms with Gasteiger partial charge in [-0.1, -0.05) is 12.1 Å². The van der Waals surface area contributed by atoms with Gasteiger partial charge in [-0.2, -0.15) is 0 Å². The molecule has 0 bridgehead atoms. The number of hydrogen-bond acceptors (Lipinski definition) is 12. The summed E-state index contributed by atoms with van der Waals surface area (Å²) in [6.07, 6.45) is -5.78. The second kappa shape index (κ2) is 10.2. The molecule has 5 rings (SSSR count). The average molecular weight is 657 g/mol. The van der Waals surface area contributed by atoms with E-state index in [0.29, 0.717) is 0 Å². The van der Waals surface area contributed by atoms with Crippen LogP contribution in [0, 0.1) is 0 Å². The molecule has 7 atom stereocenters. The number of ketones is 2. The lowest BCUT2D eigenvalue weighted by molar-refractivity contribution is -0.233.